The van der Waals surface area contributed by atoms with Gasteiger partial charge in [0, 0.05) is 17.2 Å². The number of likely N-dealkylation sites (tertiary alicyclic amines) is 1. The van der Waals surface area contributed by atoms with Crippen molar-refractivity contribution in [2.24, 2.45) is 0 Å². The maximum absolute atomic E-state index is 13.7. The Morgan fingerprint density at radius 2 is 1.81 bits per heavy atom. The van der Waals surface area contributed by atoms with Gasteiger partial charge < -0.3 is 4.74 Å². The highest BCUT2D eigenvalue weighted by molar-refractivity contribution is 8.13. The normalized spacial score (nSPS) is 16.9. The van der Waals surface area contributed by atoms with Crippen LogP contribution in [0.3, 0.4) is 0 Å². The fourth-order valence-electron chi connectivity index (χ4n) is 2.28. The molecule has 2 rings (SSSR count). The van der Waals surface area contributed by atoms with Gasteiger partial charge in [-0.2, -0.15) is 4.39 Å². The summed E-state index contributed by atoms with van der Waals surface area (Å²) in [6, 6.07) is 1.97. The van der Waals surface area contributed by atoms with Crippen molar-refractivity contribution in [3.63, 3.8) is 0 Å². The average Bonchev–Trinajstić information content (AvgIpc) is 2.43. The van der Waals surface area contributed by atoms with Gasteiger partial charge in [0.15, 0.2) is 11.6 Å². The number of hydrogen-bond acceptors (Lipinski definition) is 4. The minimum absolute atomic E-state index is 0.212. The molecule has 1 heterocycles. The first-order valence-corrected chi connectivity index (χ1v) is 8.98. The molecule has 1 saturated heterocycles. The predicted octanol–water partition coefficient (Wildman–Crippen LogP) is 2.76. The number of ether oxygens (including phenoxy) is 1. The molecule has 1 aromatic carbocycles. The van der Waals surface area contributed by atoms with Gasteiger partial charge in [-0.15, -0.1) is 0 Å². The Morgan fingerprint density at radius 1 is 1.14 bits per heavy atom. The summed E-state index contributed by atoms with van der Waals surface area (Å²) in [5.41, 5.74) is 0. The van der Waals surface area contributed by atoms with Gasteiger partial charge in [-0.25, -0.2) is 12.8 Å². The van der Waals surface area contributed by atoms with Crippen molar-refractivity contribution in [3.8, 4) is 5.75 Å². The Kier molecular flexibility index (Phi) is 5.40. The van der Waals surface area contributed by atoms with Gasteiger partial charge in [-0.1, -0.05) is 6.42 Å². The molecule has 1 aliphatic rings. The number of rotatable bonds is 5. The highest BCUT2D eigenvalue weighted by Crippen LogP contribution is 2.27. The first-order valence-electron chi connectivity index (χ1n) is 6.67. The molecule has 0 aromatic heterocycles. The lowest BCUT2D eigenvalue weighted by Gasteiger charge is -2.26. The van der Waals surface area contributed by atoms with Crippen LogP contribution in [-0.4, -0.2) is 39.6 Å². The van der Waals surface area contributed by atoms with Gasteiger partial charge in [0.1, 0.15) is 11.5 Å². The van der Waals surface area contributed by atoms with E-state index in [1.807, 2.05) is 0 Å². The molecule has 1 aliphatic heterocycles. The van der Waals surface area contributed by atoms with Gasteiger partial charge in [-0.05, 0) is 38.1 Å². The molecule has 0 amide bonds. The highest BCUT2D eigenvalue weighted by Gasteiger charge is 2.22. The molecule has 21 heavy (non-hydrogen) atoms. The molecule has 118 valence electrons. The molecule has 0 aliphatic carbocycles. The van der Waals surface area contributed by atoms with Gasteiger partial charge in [-0.3, -0.25) is 4.90 Å². The fourth-order valence-corrected chi connectivity index (χ4v) is 3.17. The standard InChI is InChI=1S/C13H16ClF2NO3S/c14-21(18,19)11-5-4-10(12(15)13(11)16)20-9-8-17-6-2-1-3-7-17/h4-5H,1-3,6-9H2. The second kappa shape index (κ2) is 6.89. The van der Waals surface area contributed by atoms with Crippen LogP contribution in [0.1, 0.15) is 19.3 Å². The largest absolute Gasteiger partial charge is 0.489 e. The van der Waals surface area contributed by atoms with Crippen LogP contribution in [0.4, 0.5) is 8.78 Å². The molecule has 4 nitrogen and oxygen atoms in total. The van der Waals surface area contributed by atoms with E-state index in [0.717, 1.165) is 38.1 Å². The summed E-state index contributed by atoms with van der Waals surface area (Å²) >= 11 is 0. The molecular weight excluding hydrogens is 324 g/mol. The molecular formula is C13H16ClF2NO3S. The summed E-state index contributed by atoms with van der Waals surface area (Å²) in [6.45, 7) is 2.78. The van der Waals surface area contributed by atoms with E-state index < -0.39 is 25.6 Å². The second-order valence-electron chi connectivity index (χ2n) is 4.88. The van der Waals surface area contributed by atoms with Crippen molar-refractivity contribution in [1.82, 2.24) is 4.90 Å². The average molecular weight is 340 g/mol. The Bertz CT molecular complexity index is 604. The zero-order valence-electron chi connectivity index (χ0n) is 11.3. The lowest BCUT2D eigenvalue weighted by atomic mass is 10.1. The topological polar surface area (TPSA) is 46.6 Å². The first kappa shape index (κ1) is 16.5. The lowest BCUT2D eigenvalue weighted by molar-refractivity contribution is 0.179. The van der Waals surface area contributed by atoms with E-state index in [1.165, 1.54) is 6.42 Å². The van der Waals surface area contributed by atoms with Crippen molar-refractivity contribution in [1.29, 1.82) is 0 Å². The number of halogens is 3. The van der Waals surface area contributed by atoms with Gasteiger partial charge >= 0.3 is 0 Å². The lowest BCUT2D eigenvalue weighted by Crippen LogP contribution is -2.33. The Hall–Kier alpha value is -0.920. The number of nitrogens with zero attached hydrogens (tertiary/aromatic N) is 1. The summed E-state index contributed by atoms with van der Waals surface area (Å²) < 4.78 is 54.6. The Balaban J connectivity index is 1.99. The summed E-state index contributed by atoms with van der Waals surface area (Å²) in [5, 5.41) is 0. The predicted molar refractivity (Wildman–Crippen MR) is 75.2 cm³/mol. The monoisotopic (exact) mass is 339 g/mol. The molecule has 8 heteroatoms. The van der Waals surface area contributed by atoms with Gasteiger partial charge in [0.2, 0.25) is 5.82 Å². The van der Waals surface area contributed by atoms with Gasteiger partial charge in [0.25, 0.3) is 9.05 Å². The molecule has 0 atom stereocenters. The molecule has 0 saturated carbocycles. The molecule has 0 bridgehead atoms. The molecule has 1 fully saturated rings. The maximum Gasteiger partial charge on any atom is 0.264 e. The van der Waals surface area contributed by atoms with E-state index in [2.05, 4.69) is 4.90 Å². The zero-order chi connectivity index (χ0) is 15.5. The van der Waals surface area contributed by atoms with Crippen LogP contribution >= 0.6 is 10.7 Å². The van der Waals surface area contributed by atoms with Crippen LogP contribution in [-0.2, 0) is 9.05 Å². The minimum atomic E-state index is -4.32. The van der Waals surface area contributed by atoms with Crippen molar-refractivity contribution >= 4 is 19.7 Å². The molecule has 0 radical (unpaired) electrons. The van der Waals surface area contributed by atoms with Crippen LogP contribution in [0.15, 0.2) is 17.0 Å². The van der Waals surface area contributed by atoms with Crippen LogP contribution in [0.2, 0.25) is 0 Å². The van der Waals surface area contributed by atoms with Crippen molar-refractivity contribution in [3.05, 3.63) is 23.8 Å². The third-order valence-electron chi connectivity index (χ3n) is 3.39. The van der Waals surface area contributed by atoms with E-state index in [1.54, 1.807) is 0 Å². The summed E-state index contributed by atoms with van der Waals surface area (Å²) in [7, 11) is 0.695. The smallest absolute Gasteiger partial charge is 0.264 e. The molecule has 0 N–H and O–H groups in total. The third-order valence-corrected chi connectivity index (χ3v) is 4.73. The van der Waals surface area contributed by atoms with Gasteiger partial charge in [0.05, 0.1) is 0 Å². The third kappa shape index (κ3) is 4.28. The summed E-state index contributed by atoms with van der Waals surface area (Å²) in [6.07, 6.45) is 3.47. The van der Waals surface area contributed by atoms with E-state index >= 15 is 0 Å². The van der Waals surface area contributed by atoms with Crippen LogP contribution < -0.4 is 4.74 Å². The number of piperidine rings is 1. The zero-order valence-corrected chi connectivity index (χ0v) is 12.9. The first-order chi connectivity index (χ1) is 9.89. The number of benzene rings is 1. The quantitative estimate of drug-likeness (QED) is 0.774. The van der Waals surface area contributed by atoms with E-state index in [4.69, 9.17) is 15.4 Å². The van der Waals surface area contributed by atoms with E-state index in [0.29, 0.717) is 6.54 Å². The second-order valence-corrected chi connectivity index (χ2v) is 7.41. The van der Waals surface area contributed by atoms with Crippen LogP contribution in [0, 0.1) is 11.6 Å². The molecule has 1 aromatic rings. The minimum Gasteiger partial charge on any atom is -0.489 e. The Morgan fingerprint density at radius 3 is 2.43 bits per heavy atom. The van der Waals surface area contributed by atoms with Crippen molar-refractivity contribution in [2.45, 2.75) is 24.2 Å². The molecule has 0 spiro atoms. The van der Waals surface area contributed by atoms with E-state index in [-0.39, 0.29) is 12.4 Å². The summed E-state index contributed by atoms with van der Waals surface area (Å²) in [5.74, 6) is -3.16. The maximum atomic E-state index is 13.7. The number of hydrogen-bond donors (Lipinski definition) is 0. The van der Waals surface area contributed by atoms with Crippen LogP contribution in [0.25, 0.3) is 0 Å². The summed E-state index contributed by atoms with van der Waals surface area (Å²) in [4.78, 5) is 1.31. The van der Waals surface area contributed by atoms with Crippen molar-refractivity contribution < 1.29 is 21.9 Å². The fraction of sp³-hybridized carbons (Fsp3) is 0.538. The highest BCUT2D eigenvalue weighted by atomic mass is 35.7. The SMILES string of the molecule is O=S(=O)(Cl)c1ccc(OCCN2CCCCC2)c(F)c1F. The van der Waals surface area contributed by atoms with Crippen LogP contribution in [0.5, 0.6) is 5.75 Å². The Labute approximate surface area is 127 Å². The van der Waals surface area contributed by atoms with E-state index in [9.17, 15) is 17.2 Å². The van der Waals surface area contributed by atoms with Crippen molar-refractivity contribution in [2.75, 3.05) is 26.2 Å². The molecule has 0 unspecified atom stereocenters.